The highest BCUT2D eigenvalue weighted by atomic mass is 79.9. The van der Waals surface area contributed by atoms with Gasteiger partial charge in [-0.05, 0) is 12.1 Å². The van der Waals surface area contributed by atoms with Crippen LogP contribution in [0.5, 0.6) is 5.75 Å². The number of ether oxygens (including phenoxy) is 1. The lowest BCUT2D eigenvalue weighted by Crippen LogP contribution is -2.25. The second-order valence-corrected chi connectivity index (χ2v) is 4.98. The van der Waals surface area contributed by atoms with E-state index in [2.05, 4.69) is 20.7 Å². The Hall–Kier alpha value is -1.77. The molecule has 0 fully saturated rings. The number of hydrogen-bond acceptors (Lipinski definition) is 1. The molecule has 0 saturated carbocycles. The van der Waals surface area contributed by atoms with Crippen LogP contribution in [0.15, 0.2) is 28.7 Å². The summed E-state index contributed by atoms with van der Waals surface area (Å²) in [6.45, 7) is 0. The average molecular weight is 405 g/mol. The van der Waals surface area contributed by atoms with E-state index in [9.17, 15) is 30.7 Å². The van der Waals surface area contributed by atoms with Gasteiger partial charge in [0.1, 0.15) is 22.9 Å². The Balaban J connectivity index is 0.00000264. The van der Waals surface area contributed by atoms with Gasteiger partial charge in [0, 0.05) is 16.6 Å². The molecule has 0 aliphatic carbocycles. The second kappa shape index (κ2) is 6.77. The van der Waals surface area contributed by atoms with Crippen molar-refractivity contribution in [3.63, 3.8) is 0 Å². The highest BCUT2D eigenvalue weighted by Crippen LogP contribution is 2.36. The molecule has 0 bridgehead atoms. The molecule has 0 N–H and O–H groups in total. The van der Waals surface area contributed by atoms with E-state index < -0.39 is 46.5 Å². The van der Waals surface area contributed by atoms with Crippen molar-refractivity contribution in [1.29, 1.82) is 0 Å². The predicted molar refractivity (Wildman–Crippen MR) is 71.6 cm³/mol. The first-order valence-corrected chi connectivity index (χ1v) is 6.27. The van der Waals surface area contributed by atoms with Crippen molar-refractivity contribution in [1.82, 2.24) is 0 Å². The van der Waals surface area contributed by atoms with Crippen LogP contribution >= 0.6 is 15.9 Å². The lowest BCUT2D eigenvalue weighted by atomic mass is 10.2. The van der Waals surface area contributed by atoms with Gasteiger partial charge >= 0.3 is 6.11 Å². The third kappa shape index (κ3) is 3.95. The highest BCUT2D eigenvalue weighted by Gasteiger charge is 2.41. The number of hydrogen-bond donors (Lipinski definition) is 0. The molecule has 0 spiro atoms. The van der Waals surface area contributed by atoms with Crippen LogP contribution in [0.25, 0.3) is 0 Å². The highest BCUT2D eigenvalue weighted by molar-refractivity contribution is 9.10. The summed E-state index contributed by atoms with van der Waals surface area (Å²) in [5.41, 5.74) is -1.75. The van der Waals surface area contributed by atoms with Crippen LogP contribution in [0, 0.1) is 29.1 Å². The average Bonchev–Trinajstić information content (AvgIpc) is 2.33. The van der Waals surface area contributed by atoms with Crippen molar-refractivity contribution in [3.8, 4) is 5.75 Å². The van der Waals surface area contributed by atoms with Gasteiger partial charge in [-0.25, -0.2) is 22.0 Å². The summed E-state index contributed by atoms with van der Waals surface area (Å²) < 4.78 is 97.0. The van der Waals surface area contributed by atoms with Gasteiger partial charge in [-0.15, -0.1) is 0 Å². The van der Waals surface area contributed by atoms with Crippen LogP contribution in [0.2, 0.25) is 0 Å². The fourth-order valence-electron chi connectivity index (χ4n) is 1.61. The van der Waals surface area contributed by atoms with Crippen molar-refractivity contribution in [2.45, 2.75) is 13.5 Å². The topological polar surface area (TPSA) is 9.23 Å². The first-order valence-electron chi connectivity index (χ1n) is 5.48. The Morgan fingerprint density at radius 2 is 1.22 bits per heavy atom. The summed E-state index contributed by atoms with van der Waals surface area (Å²) in [4.78, 5) is 0. The molecule has 2 aromatic carbocycles. The van der Waals surface area contributed by atoms with E-state index in [1.807, 2.05) is 0 Å². The third-order valence-corrected chi connectivity index (χ3v) is 2.96. The SMILES string of the molecule is C.Fc1cc(OC(F)(F)c2c(F)cc(Br)cc2F)cc(F)c1F. The van der Waals surface area contributed by atoms with Crippen molar-refractivity contribution < 1.29 is 35.5 Å². The van der Waals surface area contributed by atoms with Gasteiger partial charge in [0.15, 0.2) is 17.5 Å². The van der Waals surface area contributed by atoms with Crippen LogP contribution in [0.1, 0.15) is 13.0 Å². The molecule has 1 nitrogen and oxygen atoms in total. The second-order valence-electron chi connectivity index (χ2n) is 4.06. The zero-order valence-corrected chi connectivity index (χ0v) is 11.8. The molecule has 0 saturated heterocycles. The van der Waals surface area contributed by atoms with E-state index in [4.69, 9.17) is 0 Å². The molecule has 0 radical (unpaired) electrons. The van der Waals surface area contributed by atoms with Crippen LogP contribution in [0.3, 0.4) is 0 Å². The van der Waals surface area contributed by atoms with Crippen molar-refractivity contribution >= 4 is 15.9 Å². The normalized spacial score (nSPS) is 11.1. The Kier molecular flexibility index (Phi) is 5.68. The smallest absolute Gasteiger partial charge is 0.429 e. The maximum atomic E-state index is 13.8. The molecular weight excluding hydrogens is 397 g/mol. The quantitative estimate of drug-likeness (QED) is 0.456. The number of alkyl halides is 2. The fourth-order valence-corrected chi connectivity index (χ4v) is 2.01. The van der Waals surface area contributed by atoms with E-state index in [-0.39, 0.29) is 24.0 Å². The van der Waals surface area contributed by atoms with Gasteiger partial charge in [0.25, 0.3) is 0 Å². The fraction of sp³-hybridized carbons (Fsp3) is 0.143. The van der Waals surface area contributed by atoms with E-state index >= 15 is 0 Å². The van der Waals surface area contributed by atoms with Gasteiger partial charge in [0.2, 0.25) is 0 Å². The van der Waals surface area contributed by atoms with Gasteiger partial charge in [-0.3, -0.25) is 0 Å². The van der Waals surface area contributed by atoms with Crippen LogP contribution in [0.4, 0.5) is 30.7 Å². The first-order chi connectivity index (χ1) is 10.1. The van der Waals surface area contributed by atoms with Gasteiger partial charge in [0.05, 0.1) is 0 Å². The largest absolute Gasteiger partial charge is 0.432 e. The van der Waals surface area contributed by atoms with Gasteiger partial charge < -0.3 is 4.74 Å². The zero-order valence-electron chi connectivity index (χ0n) is 10.2. The molecule has 0 aromatic heterocycles. The molecule has 0 aliphatic rings. The lowest BCUT2D eigenvalue weighted by Gasteiger charge is -2.19. The first kappa shape index (κ1) is 19.3. The standard InChI is InChI=1S/C13H4BrF7O.CH4/c14-5-1-7(15)11(8(16)2-5)13(20,21)22-6-3-9(17)12(19)10(18)4-6;/h1-4H;1H4. The van der Waals surface area contributed by atoms with Gasteiger partial charge in [-0.1, -0.05) is 23.4 Å². The molecule has 2 aromatic rings. The van der Waals surface area contributed by atoms with E-state index in [0.717, 1.165) is 0 Å². The van der Waals surface area contributed by atoms with E-state index in [1.165, 1.54) is 0 Å². The summed E-state index contributed by atoms with van der Waals surface area (Å²) in [7, 11) is 0. The molecule has 9 heteroatoms. The van der Waals surface area contributed by atoms with Crippen molar-refractivity contribution in [2.24, 2.45) is 0 Å². The molecular formula is C14H8BrF7O. The number of rotatable bonds is 3. The molecule has 0 unspecified atom stereocenters. The van der Waals surface area contributed by atoms with Gasteiger partial charge in [-0.2, -0.15) is 8.78 Å². The lowest BCUT2D eigenvalue weighted by molar-refractivity contribution is -0.189. The number of benzene rings is 2. The third-order valence-electron chi connectivity index (χ3n) is 2.50. The van der Waals surface area contributed by atoms with E-state index in [1.54, 1.807) is 0 Å². The maximum absolute atomic E-state index is 13.8. The van der Waals surface area contributed by atoms with E-state index in [0.29, 0.717) is 12.1 Å². The summed E-state index contributed by atoms with van der Waals surface area (Å²) in [5.74, 6) is -9.88. The molecule has 23 heavy (non-hydrogen) atoms. The molecule has 2 rings (SSSR count). The zero-order chi connectivity index (χ0) is 16.7. The predicted octanol–water partition coefficient (Wildman–Crippen LogP) is 5.91. The molecule has 0 atom stereocenters. The minimum atomic E-state index is -4.58. The molecule has 0 amide bonds. The minimum Gasteiger partial charge on any atom is -0.429 e. The molecule has 126 valence electrons. The summed E-state index contributed by atoms with van der Waals surface area (Å²) in [6, 6.07) is 1.37. The number of halogens is 8. The Labute approximate surface area is 134 Å². The van der Waals surface area contributed by atoms with Crippen LogP contribution in [-0.4, -0.2) is 0 Å². The maximum Gasteiger partial charge on any atom is 0.432 e. The monoisotopic (exact) mass is 404 g/mol. The van der Waals surface area contributed by atoms with Crippen molar-refractivity contribution in [2.75, 3.05) is 0 Å². The van der Waals surface area contributed by atoms with Crippen LogP contribution < -0.4 is 4.74 Å². The van der Waals surface area contributed by atoms with Crippen molar-refractivity contribution in [3.05, 3.63) is 63.4 Å². The molecule has 0 aliphatic heterocycles. The Morgan fingerprint density at radius 1 is 0.783 bits per heavy atom. The van der Waals surface area contributed by atoms with Crippen LogP contribution in [-0.2, 0) is 6.11 Å². The summed E-state index contributed by atoms with van der Waals surface area (Å²) >= 11 is 2.70. The minimum absolute atomic E-state index is 0. The Morgan fingerprint density at radius 3 is 1.65 bits per heavy atom. The molecule has 0 heterocycles. The summed E-state index contributed by atoms with van der Waals surface area (Å²) in [6.07, 6.45) is -4.58. The summed E-state index contributed by atoms with van der Waals surface area (Å²) in [5, 5.41) is 0. The Bertz CT molecular complexity index is 687.